The third-order valence-electron chi connectivity index (χ3n) is 5.87. The fraction of sp³-hybridized carbons (Fsp3) is 0.636. The minimum Gasteiger partial charge on any atom is -0.493 e. The Balaban J connectivity index is 0.00000300. The number of carbonyl (C=O) groups is 2. The van der Waals surface area contributed by atoms with Gasteiger partial charge in [0, 0.05) is 26.2 Å². The van der Waals surface area contributed by atoms with Gasteiger partial charge >= 0.3 is 0 Å². The van der Waals surface area contributed by atoms with Crippen LogP contribution in [0.2, 0.25) is 0 Å². The lowest BCUT2D eigenvalue weighted by Crippen LogP contribution is -2.49. The van der Waals surface area contributed by atoms with Crippen LogP contribution in [0.15, 0.2) is 30.3 Å². The number of likely N-dealkylation sites (tertiary alicyclic amines) is 2. The first-order valence-electron chi connectivity index (χ1n) is 10.6. The van der Waals surface area contributed by atoms with Crippen molar-refractivity contribution >= 4 is 24.2 Å². The fourth-order valence-electron chi connectivity index (χ4n) is 4.24. The SMILES string of the molecule is CNCC1CCN(C(=O)C2CCCN(C(=O)CCOc3ccccc3)C2)CC1.Cl. The highest BCUT2D eigenvalue weighted by Crippen LogP contribution is 2.23. The van der Waals surface area contributed by atoms with Crippen molar-refractivity contribution in [3.8, 4) is 5.75 Å². The molecule has 162 valence electrons. The number of hydrogen-bond acceptors (Lipinski definition) is 4. The van der Waals surface area contributed by atoms with Crippen molar-refractivity contribution < 1.29 is 14.3 Å². The van der Waals surface area contributed by atoms with Crippen LogP contribution in [0.3, 0.4) is 0 Å². The van der Waals surface area contributed by atoms with Crippen LogP contribution in [0.5, 0.6) is 5.75 Å². The van der Waals surface area contributed by atoms with Gasteiger partial charge in [0.2, 0.25) is 11.8 Å². The number of benzene rings is 1. The molecule has 2 fully saturated rings. The van der Waals surface area contributed by atoms with Crippen LogP contribution in [-0.4, -0.2) is 68.0 Å². The lowest BCUT2D eigenvalue weighted by molar-refractivity contribution is -0.142. The first kappa shape index (κ1) is 23.5. The van der Waals surface area contributed by atoms with E-state index in [1.807, 2.05) is 47.2 Å². The normalized spacial score (nSPS) is 20.1. The molecule has 7 heteroatoms. The molecular formula is C22H34ClN3O3. The average molecular weight is 424 g/mol. The molecule has 2 heterocycles. The molecular weight excluding hydrogens is 390 g/mol. The number of hydrogen-bond donors (Lipinski definition) is 1. The first-order chi connectivity index (χ1) is 13.7. The van der Waals surface area contributed by atoms with Crippen molar-refractivity contribution in [3.63, 3.8) is 0 Å². The number of carbonyl (C=O) groups excluding carboxylic acids is 2. The van der Waals surface area contributed by atoms with Crippen molar-refractivity contribution in [1.82, 2.24) is 15.1 Å². The van der Waals surface area contributed by atoms with Crippen LogP contribution in [0.4, 0.5) is 0 Å². The average Bonchev–Trinajstić information content (AvgIpc) is 2.75. The van der Waals surface area contributed by atoms with Gasteiger partial charge in [-0.25, -0.2) is 0 Å². The highest BCUT2D eigenvalue weighted by molar-refractivity contribution is 5.85. The number of nitrogens with zero attached hydrogens (tertiary/aromatic N) is 2. The second kappa shape index (κ2) is 12.0. The predicted octanol–water partition coefficient (Wildman–Crippen LogP) is 2.57. The van der Waals surface area contributed by atoms with Crippen LogP contribution in [0.1, 0.15) is 32.1 Å². The molecule has 1 aromatic rings. The van der Waals surface area contributed by atoms with Crippen molar-refractivity contribution in [2.24, 2.45) is 11.8 Å². The molecule has 1 unspecified atom stereocenters. The predicted molar refractivity (Wildman–Crippen MR) is 116 cm³/mol. The Morgan fingerprint density at radius 3 is 2.48 bits per heavy atom. The molecule has 29 heavy (non-hydrogen) atoms. The molecule has 6 nitrogen and oxygen atoms in total. The van der Waals surface area contributed by atoms with E-state index >= 15 is 0 Å². The number of halogens is 1. The molecule has 0 spiro atoms. The fourth-order valence-corrected chi connectivity index (χ4v) is 4.24. The molecule has 0 bridgehead atoms. The third kappa shape index (κ3) is 6.89. The maximum atomic E-state index is 12.9. The largest absolute Gasteiger partial charge is 0.493 e. The summed E-state index contributed by atoms with van der Waals surface area (Å²) >= 11 is 0. The second-order valence-corrected chi connectivity index (χ2v) is 7.92. The van der Waals surface area contributed by atoms with E-state index < -0.39 is 0 Å². The number of piperidine rings is 2. The molecule has 0 saturated carbocycles. The molecule has 0 aromatic heterocycles. The van der Waals surface area contributed by atoms with Gasteiger partial charge < -0.3 is 19.9 Å². The molecule has 1 aromatic carbocycles. The lowest BCUT2D eigenvalue weighted by atomic mass is 9.92. The smallest absolute Gasteiger partial charge is 0.227 e. The summed E-state index contributed by atoms with van der Waals surface area (Å²) in [5, 5.41) is 3.23. The summed E-state index contributed by atoms with van der Waals surface area (Å²) in [5.41, 5.74) is 0. The van der Waals surface area contributed by atoms with E-state index in [2.05, 4.69) is 5.32 Å². The molecule has 1 atom stereocenters. The minimum absolute atomic E-state index is 0. The third-order valence-corrected chi connectivity index (χ3v) is 5.87. The van der Waals surface area contributed by atoms with Gasteiger partial charge in [-0.3, -0.25) is 9.59 Å². The van der Waals surface area contributed by atoms with Gasteiger partial charge in [0.25, 0.3) is 0 Å². The quantitative estimate of drug-likeness (QED) is 0.732. The standard InChI is InChI=1S/C22H33N3O3.ClH/c1-23-16-18-9-13-24(14-10-18)22(27)19-6-5-12-25(17-19)21(26)11-15-28-20-7-3-2-4-8-20;/h2-4,7-8,18-19,23H,5-6,9-17H2,1H3;1H. The Kier molecular flexibility index (Phi) is 9.74. The van der Waals surface area contributed by atoms with Gasteiger partial charge in [0.15, 0.2) is 0 Å². The van der Waals surface area contributed by atoms with E-state index in [-0.39, 0.29) is 30.1 Å². The van der Waals surface area contributed by atoms with E-state index in [1.165, 1.54) is 0 Å². The van der Waals surface area contributed by atoms with E-state index in [9.17, 15) is 9.59 Å². The van der Waals surface area contributed by atoms with Crippen molar-refractivity contribution in [2.75, 3.05) is 46.4 Å². The zero-order chi connectivity index (χ0) is 19.8. The highest BCUT2D eigenvalue weighted by atomic mass is 35.5. The van der Waals surface area contributed by atoms with Crippen LogP contribution in [0.25, 0.3) is 0 Å². The minimum atomic E-state index is -0.0476. The second-order valence-electron chi connectivity index (χ2n) is 7.92. The molecule has 2 aliphatic heterocycles. The van der Waals surface area contributed by atoms with Gasteiger partial charge in [0.05, 0.1) is 18.9 Å². The lowest BCUT2D eigenvalue weighted by Gasteiger charge is -2.38. The van der Waals surface area contributed by atoms with Crippen molar-refractivity contribution in [2.45, 2.75) is 32.1 Å². The summed E-state index contributed by atoms with van der Waals surface area (Å²) in [5.74, 6) is 1.72. The van der Waals surface area contributed by atoms with Crippen LogP contribution in [-0.2, 0) is 9.59 Å². The summed E-state index contributed by atoms with van der Waals surface area (Å²) in [4.78, 5) is 29.4. The Bertz CT molecular complexity index is 635. The van der Waals surface area contributed by atoms with E-state index in [4.69, 9.17) is 4.74 Å². The number of rotatable bonds is 7. The Morgan fingerprint density at radius 2 is 1.79 bits per heavy atom. The number of amides is 2. The topological polar surface area (TPSA) is 61.9 Å². The van der Waals surface area contributed by atoms with Crippen LogP contribution in [0, 0.1) is 11.8 Å². The van der Waals surface area contributed by atoms with Gasteiger partial charge in [-0.05, 0) is 57.3 Å². The van der Waals surface area contributed by atoms with E-state index in [0.717, 1.165) is 57.6 Å². The molecule has 2 saturated heterocycles. The first-order valence-corrected chi connectivity index (χ1v) is 10.6. The molecule has 2 amide bonds. The van der Waals surface area contributed by atoms with Gasteiger partial charge in [-0.2, -0.15) is 0 Å². The Hall–Kier alpha value is -1.79. The summed E-state index contributed by atoms with van der Waals surface area (Å²) in [6.45, 7) is 4.40. The van der Waals surface area contributed by atoms with E-state index in [1.54, 1.807) is 0 Å². The monoisotopic (exact) mass is 423 g/mol. The van der Waals surface area contributed by atoms with E-state index in [0.29, 0.717) is 25.5 Å². The molecule has 1 N–H and O–H groups in total. The van der Waals surface area contributed by atoms with Gasteiger partial charge in [-0.1, -0.05) is 18.2 Å². The van der Waals surface area contributed by atoms with Gasteiger partial charge in [0.1, 0.15) is 5.75 Å². The van der Waals surface area contributed by atoms with Gasteiger partial charge in [-0.15, -0.1) is 12.4 Å². The summed E-state index contributed by atoms with van der Waals surface area (Å²) in [6, 6.07) is 9.55. The molecule has 0 aliphatic carbocycles. The number of para-hydroxylation sites is 1. The summed E-state index contributed by atoms with van der Waals surface area (Å²) < 4.78 is 5.64. The summed E-state index contributed by atoms with van der Waals surface area (Å²) in [7, 11) is 1.98. The van der Waals surface area contributed by atoms with Crippen LogP contribution >= 0.6 is 12.4 Å². The summed E-state index contributed by atoms with van der Waals surface area (Å²) in [6.07, 6.45) is 4.28. The van der Waals surface area contributed by atoms with Crippen LogP contribution < -0.4 is 10.1 Å². The maximum absolute atomic E-state index is 12.9. The highest BCUT2D eigenvalue weighted by Gasteiger charge is 2.32. The van der Waals surface area contributed by atoms with Crippen molar-refractivity contribution in [1.29, 1.82) is 0 Å². The van der Waals surface area contributed by atoms with Crippen molar-refractivity contribution in [3.05, 3.63) is 30.3 Å². The number of ether oxygens (including phenoxy) is 1. The zero-order valence-corrected chi connectivity index (χ0v) is 18.2. The molecule has 2 aliphatic rings. The Morgan fingerprint density at radius 1 is 1.07 bits per heavy atom. The zero-order valence-electron chi connectivity index (χ0n) is 17.3. The maximum Gasteiger partial charge on any atom is 0.227 e. The number of nitrogens with one attached hydrogen (secondary N) is 1. The molecule has 0 radical (unpaired) electrons. The molecule has 3 rings (SSSR count). The Labute approximate surface area is 180 Å².